The van der Waals surface area contributed by atoms with E-state index >= 15 is 0 Å². The fraction of sp³-hybridized carbons (Fsp3) is 0.0968. The van der Waals surface area contributed by atoms with Crippen LogP contribution in [0, 0.1) is 0 Å². The highest BCUT2D eigenvalue weighted by Crippen LogP contribution is 2.27. The number of nitrogens with one attached hydrogen (secondary N) is 1. The summed E-state index contributed by atoms with van der Waals surface area (Å²) in [4.78, 5) is 52.8. The first-order valence-corrected chi connectivity index (χ1v) is 12.3. The molecule has 8 heteroatoms. The minimum absolute atomic E-state index is 0.0512. The summed E-state index contributed by atoms with van der Waals surface area (Å²) in [5, 5.41) is 2.66. The molecule has 0 saturated carbocycles. The number of benzene rings is 4. The largest absolute Gasteiger partial charge is 0.457 e. The Labute approximate surface area is 224 Å². The van der Waals surface area contributed by atoms with Gasteiger partial charge in [-0.25, -0.2) is 4.79 Å². The minimum atomic E-state index is -1.23. The van der Waals surface area contributed by atoms with E-state index in [1.807, 2.05) is 36.4 Å². The van der Waals surface area contributed by atoms with Crippen molar-refractivity contribution in [2.24, 2.45) is 0 Å². The first-order chi connectivity index (χ1) is 19.0. The molecule has 0 spiro atoms. The molecule has 0 bridgehead atoms. The van der Waals surface area contributed by atoms with Crippen LogP contribution >= 0.6 is 0 Å². The zero-order valence-corrected chi connectivity index (χ0v) is 20.8. The number of para-hydroxylation sites is 1. The molecule has 4 aromatic carbocycles. The van der Waals surface area contributed by atoms with Crippen molar-refractivity contribution in [3.05, 3.63) is 126 Å². The van der Waals surface area contributed by atoms with E-state index in [9.17, 15) is 19.2 Å². The van der Waals surface area contributed by atoms with Crippen molar-refractivity contribution in [1.82, 2.24) is 4.90 Å². The lowest BCUT2D eigenvalue weighted by Crippen LogP contribution is -2.47. The maximum Gasteiger partial charge on any atom is 0.330 e. The number of imide groups is 1. The number of hydrogen-bond acceptors (Lipinski definition) is 6. The second-order valence-electron chi connectivity index (χ2n) is 8.83. The van der Waals surface area contributed by atoms with Gasteiger partial charge in [-0.15, -0.1) is 0 Å². The van der Waals surface area contributed by atoms with Crippen LogP contribution in [-0.4, -0.2) is 41.2 Å². The summed E-state index contributed by atoms with van der Waals surface area (Å²) in [6.45, 7) is -0.588. The van der Waals surface area contributed by atoms with Crippen LogP contribution in [0.4, 0.5) is 5.69 Å². The molecule has 1 atom stereocenters. The highest BCUT2D eigenvalue weighted by atomic mass is 16.5. The molecular formula is C31H24N2O6. The van der Waals surface area contributed by atoms with E-state index in [0.29, 0.717) is 17.2 Å². The van der Waals surface area contributed by atoms with Crippen molar-refractivity contribution >= 4 is 29.4 Å². The smallest absolute Gasteiger partial charge is 0.330 e. The average Bonchev–Trinajstić information content (AvgIpc) is 3.22. The molecule has 1 unspecified atom stereocenters. The van der Waals surface area contributed by atoms with Crippen LogP contribution in [0.5, 0.6) is 11.5 Å². The standard InChI is InChI=1S/C31H24N2O6/c34-28(32-22-15-17-24(18-16-22)39-23-11-5-2-6-12-23)20-38-31(37)27(19-21-9-3-1-4-10-21)33-29(35)25-13-7-8-14-26(25)30(33)36/h1-18,27H,19-20H2,(H,32,34). The van der Waals surface area contributed by atoms with E-state index in [-0.39, 0.29) is 17.5 Å². The number of hydrogen-bond donors (Lipinski definition) is 1. The molecule has 4 aromatic rings. The topological polar surface area (TPSA) is 102 Å². The fourth-order valence-electron chi connectivity index (χ4n) is 4.27. The van der Waals surface area contributed by atoms with E-state index in [4.69, 9.17) is 9.47 Å². The molecule has 5 rings (SSSR count). The van der Waals surface area contributed by atoms with Gasteiger partial charge in [0.1, 0.15) is 17.5 Å². The second kappa shape index (κ2) is 11.4. The van der Waals surface area contributed by atoms with Gasteiger partial charge in [0.25, 0.3) is 17.7 Å². The number of esters is 1. The predicted octanol–water partition coefficient (Wildman–Crippen LogP) is 4.87. The van der Waals surface area contributed by atoms with Crippen LogP contribution in [-0.2, 0) is 20.7 Å². The van der Waals surface area contributed by atoms with Gasteiger partial charge < -0.3 is 14.8 Å². The lowest BCUT2D eigenvalue weighted by molar-refractivity contribution is -0.151. The van der Waals surface area contributed by atoms with Crippen molar-refractivity contribution in [2.45, 2.75) is 12.5 Å². The summed E-state index contributed by atoms with van der Waals surface area (Å²) in [6, 6.07) is 30.2. The van der Waals surface area contributed by atoms with Crippen LogP contribution in [0.25, 0.3) is 0 Å². The third-order valence-electron chi connectivity index (χ3n) is 6.14. The van der Waals surface area contributed by atoms with Gasteiger partial charge in [-0.3, -0.25) is 19.3 Å². The molecule has 1 aliphatic heterocycles. The maximum absolute atomic E-state index is 13.2. The molecule has 0 fully saturated rings. The molecule has 1 aliphatic rings. The molecule has 0 saturated heterocycles. The van der Waals surface area contributed by atoms with Crippen LogP contribution in [0.3, 0.4) is 0 Å². The second-order valence-corrected chi connectivity index (χ2v) is 8.83. The number of ether oxygens (including phenoxy) is 2. The molecule has 3 amide bonds. The minimum Gasteiger partial charge on any atom is -0.457 e. The van der Waals surface area contributed by atoms with E-state index in [1.165, 1.54) is 0 Å². The number of nitrogens with zero attached hydrogens (tertiary/aromatic N) is 1. The Bertz CT molecular complexity index is 1470. The molecule has 0 aliphatic carbocycles. The Balaban J connectivity index is 1.24. The highest BCUT2D eigenvalue weighted by Gasteiger charge is 2.43. The Hall–Kier alpha value is -5.24. The van der Waals surface area contributed by atoms with Crippen molar-refractivity contribution < 1.29 is 28.7 Å². The van der Waals surface area contributed by atoms with Crippen molar-refractivity contribution in [2.75, 3.05) is 11.9 Å². The van der Waals surface area contributed by atoms with Gasteiger partial charge in [0.15, 0.2) is 6.61 Å². The summed E-state index contributed by atoms with van der Waals surface area (Å²) in [5.41, 5.74) is 1.67. The van der Waals surface area contributed by atoms with Gasteiger partial charge >= 0.3 is 5.97 Å². The zero-order valence-electron chi connectivity index (χ0n) is 20.8. The number of rotatable bonds is 9. The Morgan fingerprint density at radius 3 is 1.85 bits per heavy atom. The molecule has 194 valence electrons. The molecule has 39 heavy (non-hydrogen) atoms. The van der Waals surface area contributed by atoms with E-state index < -0.39 is 36.3 Å². The van der Waals surface area contributed by atoms with Gasteiger partial charge in [-0.2, -0.15) is 0 Å². The van der Waals surface area contributed by atoms with Gasteiger partial charge in [0.2, 0.25) is 0 Å². The number of carbonyl (C=O) groups excluding carboxylic acids is 4. The number of amides is 3. The normalized spacial score (nSPS) is 13.0. The van der Waals surface area contributed by atoms with Gasteiger partial charge in [0, 0.05) is 12.1 Å². The summed E-state index contributed by atoms with van der Waals surface area (Å²) < 4.78 is 11.0. The summed E-state index contributed by atoms with van der Waals surface area (Å²) >= 11 is 0. The highest BCUT2D eigenvalue weighted by molar-refractivity contribution is 6.22. The van der Waals surface area contributed by atoms with Gasteiger partial charge in [0.05, 0.1) is 11.1 Å². The van der Waals surface area contributed by atoms with Crippen LogP contribution in [0.15, 0.2) is 109 Å². The number of anilines is 1. The molecule has 1 heterocycles. The van der Waals surface area contributed by atoms with Crippen molar-refractivity contribution in [1.29, 1.82) is 0 Å². The SMILES string of the molecule is O=C(COC(=O)C(Cc1ccccc1)N1C(=O)c2ccccc2C1=O)Nc1ccc(Oc2ccccc2)cc1. The van der Waals surface area contributed by atoms with Crippen molar-refractivity contribution in [3.63, 3.8) is 0 Å². The van der Waals surface area contributed by atoms with Crippen LogP contribution in [0.2, 0.25) is 0 Å². The maximum atomic E-state index is 13.2. The van der Waals surface area contributed by atoms with Gasteiger partial charge in [-0.1, -0.05) is 60.7 Å². The van der Waals surface area contributed by atoms with E-state index in [1.54, 1.807) is 72.8 Å². The number of fused-ring (bicyclic) bond motifs is 1. The third-order valence-corrected chi connectivity index (χ3v) is 6.14. The quantitative estimate of drug-likeness (QED) is 0.250. The first kappa shape index (κ1) is 25.4. The van der Waals surface area contributed by atoms with Crippen LogP contribution < -0.4 is 10.1 Å². The summed E-state index contributed by atoms with van der Waals surface area (Å²) in [5.74, 6) is -1.29. The molecule has 0 radical (unpaired) electrons. The molecule has 0 aromatic heterocycles. The summed E-state index contributed by atoms with van der Waals surface area (Å²) in [7, 11) is 0. The average molecular weight is 521 g/mol. The molecule has 1 N–H and O–H groups in total. The Kier molecular flexibility index (Phi) is 7.45. The molecular weight excluding hydrogens is 496 g/mol. The van der Waals surface area contributed by atoms with Gasteiger partial charge in [-0.05, 0) is 54.1 Å². The lowest BCUT2D eigenvalue weighted by atomic mass is 10.0. The van der Waals surface area contributed by atoms with Crippen LogP contribution in [0.1, 0.15) is 26.3 Å². The van der Waals surface area contributed by atoms with Crippen molar-refractivity contribution in [3.8, 4) is 11.5 Å². The lowest BCUT2D eigenvalue weighted by Gasteiger charge is -2.24. The number of carbonyl (C=O) groups is 4. The first-order valence-electron chi connectivity index (χ1n) is 12.3. The monoisotopic (exact) mass is 520 g/mol. The third kappa shape index (κ3) is 5.86. The Morgan fingerprint density at radius 2 is 1.23 bits per heavy atom. The predicted molar refractivity (Wildman–Crippen MR) is 143 cm³/mol. The zero-order chi connectivity index (χ0) is 27.2. The van der Waals surface area contributed by atoms with E-state index in [2.05, 4.69) is 5.32 Å². The van der Waals surface area contributed by atoms with E-state index in [0.717, 1.165) is 10.5 Å². The summed E-state index contributed by atoms with van der Waals surface area (Å²) in [6.07, 6.45) is 0.0512. The Morgan fingerprint density at radius 1 is 0.692 bits per heavy atom. The molecule has 8 nitrogen and oxygen atoms in total. The fourth-order valence-corrected chi connectivity index (χ4v) is 4.27.